The summed E-state index contributed by atoms with van der Waals surface area (Å²) >= 11 is 0. The van der Waals surface area contributed by atoms with Crippen LogP contribution in [0.1, 0.15) is 44.4 Å². The van der Waals surface area contributed by atoms with Crippen molar-refractivity contribution in [2.24, 2.45) is 0 Å². The lowest BCUT2D eigenvalue weighted by atomic mass is 10.0. The number of nitrogen functional groups attached to an aromatic ring is 2. The van der Waals surface area contributed by atoms with Gasteiger partial charge in [-0.25, -0.2) is 4.98 Å². The Hall–Kier alpha value is -1.32. The van der Waals surface area contributed by atoms with Crippen LogP contribution < -0.4 is 11.5 Å². The quantitative estimate of drug-likeness (QED) is 0.725. The standard InChI is InChI=1S/C11H20N4/c1-3-5-6-7-8-9(4-2)14-11(13)15-10(8)12/h3-7H2,1-2H3,(H4,12,13,14,15). The highest BCUT2D eigenvalue weighted by molar-refractivity contribution is 5.45. The third-order valence-corrected chi connectivity index (χ3v) is 2.51. The lowest BCUT2D eigenvalue weighted by Crippen LogP contribution is -2.08. The number of nitrogens with zero attached hydrogens (tertiary/aromatic N) is 2. The van der Waals surface area contributed by atoms with E-state index >= 15 is 0 Å². The summed E-state index contributed by atoms with van der Waals surface area (Å²) in [5.74, 6) is 0.832. The lowest BCUT2D eigenvalue weighted by molar-refractivity contribution is 0.709. The van der Waals surface area contributed by atoms with Crippen LogP contribution in [0.4, 0.5) is 11.8 Å². The van der Waals surface area contributed by atoms with Crippen molar-refractivity contribution in [1.29, 1.82) is 0 Å². The molecule has 0 spiro atoms. The van der Waals surface area contributed by atoms with Crippen molar-refractivity contribution in [3.63, 3.8) is 0 Å². The zero-order chi connectivity index (χ0) is 11.3. The van der Waals surface area contributed by atoms with Crippen LogP contribution in [0.5, 0.6) is 0 Å². The SMILES string of the molecule is CCCCCc1c(N)nc(N)nc1CC. The molecule has 0 bridgehead atoms. The average molecular weight is 208 g/mol. The van der Waals surface area contributed by atoms with Crippen LogP contribution in [0.2, 0.25) is 0 Å². The Labute approximate surface area is 91.1 Å². The largest absolute Gasteiger partial charge is 0.383 e. The van der Waals surface area contributed by atoms with Crippen molar-refractivity contribution in [3.8, 4) is 0 Å². The second-order valence-electron chi connectivity index (χ2n) is 3.70. The molecule has 1 aromatic rings. The van der Waals surface area contributed by atoms with Crippen LogP contribution in [-0.2, 0) is 12.8 Å². The van der Waals surface area contributed by atoms with Gasteiger partial charge < -0.3 is 11.5 Å². The third-order valence-electron chi connectivity index (χ3n) is 2.51. The van der Waals surface area contributed by atoms with Gasteiger partial charge >= 0.3 is 0 Å². The zero-order valence-corrected chi connectivity index (χ0v) is 9.58. The molecule has 0 aliphatic rings. The number of unbranched alkanes of at least 4 members (excludes halogenated alkanes) is 2. The first-order valence-corrected chi connectivity index (χ1v) is 5.59. The Bertz CT molecular complexity index is 323. The van der Waals surface area contributed by atoms with Crippen LogP contribution >= 0.6 is 0 Å². The van der Waals surface area contributed by atoms with Crippen LogP contribution in [0.25, 0.3) is 0 Å². The molecule has 0 amide bonds. The minimum absolute atomic E-state index is 0.281. The maximum absolute atomic E-state index is 5.85. The molecule has 4 heteroatoms. The number of aryl methyl sites for hydroxylation is 1. The van der Waals surface area contributed by atoms with E-state index in [4.69, 9.17) is 11.5 Å². The van der Waals surface area contributed by atoms with Gasteiger partial charge in [-0.1, -0.05) is 26.7 Å². The van der Waals surface area contributed by atoms with Gasteiger partial charge in [0.25, 0.3) is 0 Å². The smallest absolute Gasteiger partial charge is 0.222 e. The molecular weight excluding hydrogens is 188 g/mol. The topological polar surface area (TPSA) is 77.8 Å². The second kappa shape index (κ2) is 5.53. The first kappa shape index (κ1) is 11.8. The zero-order valence-electron chi connectivity index (χ0n) is 9.58. The highest BCUT2D eigenvalue weighted by Gasteiger charge is 2.09. The predicted octanol–water partition coefficient (Wildman–Crippen LogP) is 1.94. The van der Waals surface area contributed by atoms with Gasteiger partial charge in [-0.15, -0.1) is 0 Å². The van der Waals surface area contributed by atoms with E-state index in [1.165, 1.54) is 12.8 Å². The van der Waals surface area contributed by atoms with Crippen molar-refractivity contribution >= 4 is 11.8 Å². The highest BCUT2D eigenvalue weighted by Crippen LogP contribution is 2.18. The number of aromatic nitrogens is 2. The molecule has 0 radical (unpaired) electrons. The fourth-order valence-electron chi connectivity index (χ4n) is 1.69. The van der Waals surface area contributed by atoms with Crippen LogP contribution in [0.15, 0.2) is 0 Å². The van der Waals surface area contributed by atoms with E-state index in [0.29, 0.717) is 5.82 Å². The molecule has 0 saturated heterocycles. The van der Waals surface area contributed by atoms with Crippen LogP contribution in [0.3, 0.4) is 0 Å². The predicted molar refractivity (Wildman–Crippen MR) is 63.5 cm³/mol. The van der Waals surface area contributed by atoms with Crippen molar-refractivity contribution in [2.75, 3.05) is 11.5 Å². The van der Waals surface area contributed by atoms with E-state index in [-0.39, 0.29) is 5.95 Å². The molecule has 15 heavy (non-hydrogen) atoms. The molecule has 0 aliphatic carbocycles. The van der Waals surface area contributed by atoms with Gasteiger partial charge in [0.15, 0.2) is 0 Å². The summed E-state index contributed by atoms with van der Waals surface area (Å²) in [7, 11) is 0. The second-order valence-corrected chi connectivity index (χ2v) is 3.70. The van der Waals surface area contributed by atoms with E-state index in [0.717, 1.165) is 30.5 Å². The van der Waals surface area contributed by atoms with Crippen molar-refractivity contribution in [2.45, 2.75) is 46.0 Å². The summed E-state index contributed by atoms with van der Waals surface area (Å²) < 4.78 is 0. The summed E-state index contributed by atoms with van der Waals surface area (Å²) in [6.45, 7) is 4.24. The molecule has 1 heterocycles. The molecule has 0 atom stereocenters. The number of anilines is 2. The molecule has 4 N–H and O–H groups in total. The molecule has 1 aromatic heterocycles. The molecule has 0 aromatic carbocycles. The summed E-state index contributed by atoms with van der Waals surface area (Å²) in [6.07, 6.45) is 5.38. The Kier molecular flexibility index (Phi) is 4.34. The van der Waals surface area contributed by atoms with Gasteiger partial charge in [-0.05, 0) is 19.3 Å². The van der Waals surface area contributed by atoms with E-state index in [1.54, 1.807) is 0 Å². The fraction of sp³-hybridized carbons (Fsp3) is 0.636. The van der Waals surface area contributed by atoms with Crippen molar-refractivity contribution < 1.29 is 0 Å². The first-order valence-electron chi connectivity index (χ1n) is 5.59. The average Bonchev–Trinajstić information content (AvgIpc) is 2.20. The maximum Gasteiger partial charge on any atom is 0.222 e. The number of hydrogen-bond acceptors (Lipinski definition) is 4. The van der Waals surface area contributed by atoms with Gasteiger partial charge in [-0.2, -0.15) is 4.98 Å². The number of hydrogen-bond donors (Lipinski definition) is 2. The highest BCUT2D eigenvalue weighted by atomic mass is 15.0. The monoisotopic (exact) mass is 208 g/mol. The van der Waals surface area contributed by atoms with E-state index < -0.39 is 0 Å². The van der Waals surface area contributed by atoms with Crippen molar-refractivity contribution in [1.82, 2.24) is 9.97 Å². The van der Waals surface area contributed by atoms with Gasteiger partial charge in [0.1, 0.15) is 5.82 Å². The van der Waals surface area contributed by atoms with Gasteiger partial charge in [0.2, 0.25) is 5.95 Å². The molecular formula is C11H20N4. The molecule has 1 rings (SSSR count). The van der Waals surface area contributed by atoms with E-state index in [9.17, 15) is 0 Å². The molecule has 0 unspecified atom stereocenters. The number of nitrogens with two attached hydrogens (primary N) is 2. The third kappa shape index (κ3) is 3.08. The normalized spacial score (nSPS) is 10.5. The molecule has 4 nitrogen and oxygen atoms in total. The van der Waals surface area contributed by atoms with Gasteiger partial charge in [-0.3, -0.25) is 0 Å². The van der Waals surface area contributed by atoms with E-state index in [1.807, 2.05) is 0 Å². The number of rotatable bonds is 5. The maximum atomic E-state index is 5.85. The molecule has 0 saturated carbocycles. The molecule has 0 aliphatic heterocycles. The Morgan fingerprint density at radius 1 is 1.07 bits per heavy atom. The summed E-state index contributed by atoms with van der Waals surface area (Å²) in [4.78, 5) is 8.22. The van der Waals surface area contributed by atoms with Gasteiger partial charge in [0, 0.05) is 5.56 Å². The lowest BCUT2D eigenvalue weighted by Gasteiger charge is -2.09. The Morgan fingerprint density at radius 2 is 1.80 bits per heavy atom. The Morgan fingerprint density at radius 3 is 2.40 bits per heavy atom. The van der Waals surface area contributed by atoms with E-state index in [2.05, 4.69) is 23.8 Å². The summed E-state index contributed by atoms with van der Waals surface area (Å²) in [6, 6.07) is 0. The summed E-state index contributed by atoms with van der Waals surface area (Å²) in [5, 5.41) is 0. The van der Waals surface area contributed by atoms with Crippen LogP contribution in [-0.4, -0.2) is 9.97 Å². The van der Waals surface area contributed by atoms with Crippen molar-refractivity contribution in [3.05, 3.63) is 11.3 Å². The molecule has 84 valence electrons. The minimum atomic E-state index is 0.281. The van der Waals surface area contributed by atoms with Gasteiger partial charge in [0.05, 0.1) is 5.69 Å². The molecule has 0 fully saturated rings. The first-order chi connectivity index (χ1) is 7.19. The minimum Gasteiger partial charge on any atom is -0.383 e. The fourth-order valence-corrected chi connectivity index (χ4v) is 1.69. The van der Waals surface area contributed by atoms with Crippen LogP contribution in [0, 0.1) is 0 Å². The summed E-state index contributed by atoms with van der Waals surface area (Å²) in [5.41, 5.74) is 13.5. The Balaban J connectivity index is 2.84.